The van der Waals surface area contributed by atoms with Crippen LogP contribution in [-0.2, 0) is 0 Å². The van der Waals surface area contributed by atoms with Gasteiger partial charge in [-0.3, -0.25) is 10.1 Å². The lowest BCUT2D eigenvalue weighted by atomic mass is 9.99. The van der Waals surface area contributed by atoms with E-state index in [2.05, 4.69) is 49.6 Å². The molecule has 3 aromatic heterocycles. The third-order valence-electron chi connectivity index (χ3n) is 5.54. The highest BCUT2D eigenvalue weighted by atomic mass is 35.5. The molecule has 5 nitrogen and oxygen atoms in total. The van der Waals surface area contributed by atoms with Gasteiger partial charge in [0.15, 0.2) is 0 Å². The fourth-order valence-corrected chi connectivity index (χ4v) is 4.24. The zero-order valence-corrected chi connectivity index (χ0v) is 17.6. The Kier molecular flexibility index (Phi) is 4.40. The number of hydrogen-bond acceptors (Lipinski definition) is 4. The summed E-state index contributed by atoms with van der Waals surface area (Å²) in [5.41, 5.74) is 6.07. The minimum absolute atomic E-state index is 0.672. The van der Waals surface area contributed by atoms with Crippen LogP contribution in [-0.4, -0.2) is 25.4 Å². The Hall–Kier alpha value is -4.09. The number of benzene rings is 3. The Morgan fingerprint density at radius 1 is 0.688 bits per heavy atom. The summed E-state index contributed by atoms with van der Waals surface area (Å²) >= 11 is 6.15. The predicted octanol–water partition coefficient (Wildman–Crippen LogP) is 6.56. The van der Waals surface area contributed by atoms with E-state index in [4.69, 9.17) is 11.6 Å². The van der Waals surface area contributed by atoms with E-state index in [-0.39, 0.29) is 0 Å². The molecule has 0 fully saturated rings. The SMILES string of the molecule is Clc1cccc(-c2cc(-c3nnc(-c4cccc5ncccc45)c4ccccc34)[nH]n2)c1. The molecule has 6 heteroatoms. The zero-order chi connectivity index (χ0) is 21.5. The number of aromatic amines is 1. The Labute approximate surface area is 188 Å². The van der Waals surface area contributed by atoms with E-state index in [0.29, 0.717) is 5.02 Å². The highest BCUT2D eigenvalue weighted by Gasteiger charge is 2.16. The standard InChI is InChI=1S/C26H16ClN5/c27-17-7-3-6-16(14-17)23-15-24(30-29-23)26-21-9-2-1-8-20(21)25(31-32-26)19-10-4-12-22-18(19)11-5-13-28-22/h1-15H,(H,29,30). The van der Waals surface area contributed by atoms with Gasteiger partial charge < -0.3 is 0 Å². The summed E-state index contributed by atoms with van der Waals surface area (Å²) < 4.78 is 0. The van der Waals surface area contributed by atoms with Crippen molar-refractivity contribution in [3.63, 3.8) is 0 Å². The van der Waals surface area contributed by atoms with Crippen LogP contribution in [0.1, 0.15) is 0 Å². The van der Waals surface area contributed by atoms with Gasteiger partial charge in [-0.2, -0.15) is 5.10 Å². The van der Waals surface area contributed by atoms with Crippen LogP contribution in [0.4, 0.5) is 0 Å². The largest absolute Gasteiger partial charge is 0.276 e. The number of nitrogens with zero attached hydrogens (tertiary/aromatic N) is 4. The molecule has 6 aromatic rings. The molecule has 0 spiro atoms. The Morgan fingerprint density at radius 2 is 1.47 bits per heavy atom. The van der Waals surface area contributed by atoms with Gasteiger partial charge in [0.25, 0.3) is 0 Å². The van der Waals surface area contributed by atoms with Crippen molar-refractivity contribution in [2.24, 2.45) is 0 Å². The van der Waals surface area contributed by atoms with E-state index in [9.17, 15) is 0 Å². The van der Waals surface area contributed by atoms with E-state index < -0.39 is 0 Å². The van der Waals surface area contributed by atoms with Crippen LogP contribution < -0.4 is 0 Å². The summed E-state index contributed by atoms with van der Waals surface area (Å²) in [6.45, 7) is 0. The van der Waals surface area contributed by atoms with Crippen LogP contribution in [0, 0.1) is 0 Å². The molecule has 0 saturated carbocycles. The fourth-order valence-electron chi connectivity index (χ4n) is 4.05. The van der Waals surface area contributed by atoms with Crippen molar-refractivity contribution in [1.29, 1.82) is 0 Å². The van der Waals surface area contributed by atoms with Crippen molar-refractivity contribution in [1.82, 2.24) is 25.4 Å². The average Bonchev–Trinajstić information content (AvgIpc) is 3.33. The number of fused-ring (bicyclic) bond motifs is 2. The minimum atomic E-state index is 0.672. The lowest BCUT2D eigenvalue weighted by molar-refractivity contribution is 1.04. The van der Waals surface area contributed by atoms with Crippen LogP contribution in [0.2, 0.25) is 5.02 Å². The third kappa shape index (κ3) is 3.11. The summed E-state index contributed by atoms with van der Waals surface area (Å²) in [6, 6.07) is 27.8. The molecule has 3 heterocycles. The van der Waals surface area contributed by atoms with Gasteiger partial charge in [-0.25, -0.2) is 0 Å². The van der Waals surface area contributed by atoms with Crippen molar-refractivity contribution in [2.45, 2.75) is 0 Å². The molecule has 0 atom stereocenters. The molecule has 0 aliphatic rings. The lowest BCUT2D eigenvalue weighted by Gasteiger charge is -2.10. The smallest absolute Gasteiger partial charge is 0.119 e. The molecular weight excluding hydrogens is 418 g/mol. The quantitative estimate of drug-likeness (QED) is 0.343. The normalized spacial score (nSPS) is 11.3. The molecule has 32 heavy (non-hydrogen) atoms. The highest BCUT2D eigenvalue weighted by molar-refractivity contribution is 6.30. The maximum absolute atomic E-state index is 6.15. The van der Waals surface area contributed by atoms with Gasteiger partial charge in [-0.15, -0.1) is 10.2 Å². The van der Waals surface area contributed by atoms with E-state index in [1.165, 1.54) is 0 Å². The molecule has 0 unspecified atom stereocenters. The first-order chi connectivity index (χ1) is 15.8. The molecule has 152 valence electrons. The fraction of sp³-hybridized carbons (Fsp3) is 0. The number of pyridine rings is 1. The van der Waals surface area contributed by atoms with E-state index in [1.54, 1.807) is 6.20 Å². The zero-order valence-electron chi connectivity index (χ0n) is 16.8. The molecule has 0 amide bonds. The van der Waals surface area contributed by atoms with Crippen LogP contribution in [0.3, 0.4) is 0 Å². The van der Waals surface area contributed by atoms with Crippen molar-refractivity contribution < 1.29 is 0 Å². The minimum Gasteiger partial charge on any atom is -0.276 e. The van der Waals surface area contributed by atoms with Gasteiger partial charge in [0.05, 0.1) is 16.9 Å². The van der Waals surface area contributed by atoms with Crippen molar-refractivity contribution in [3.8, 4) is 33.9 Å². The Bertz CT molecular complexity index is 1600. The monoisotopic (exact) mass is 433 g/mol. The topological polar surface area (TPSA) is 67.3 Å². The molecule has 1 N–H and O–H groups in total. The van der Waals surface area contributed by atoms with Crippen LogP contribution in [0.5, 0.6) is 0 Å². The van der Waals surface area contributed by atoms with Gasteiger partial charge in [0.2, 0.25) is 0 Å². The number of H-pyrrole nitrogens is 1. The Morgan fingerprint density at radius 3 is 2.34 bits per heavy atom. The second kappa shape index (κ2) is 7.55. The number of hydrogen-bond donors (Lipinski definition) is 1. The van der Waals surface area contributed by atoms with Crippen LogP contribution in [0.15, 0.2) is 91.1 Å². The lowest BCUT2D eigenvalue weighted by Crippen LogP contribution is -1.96. The van der Waals surface area contributed by atoms with Gasteiger partial charge in [0, 0.05) is 38.5 Å². The molecule has 6 rings (SSSR count). The molecule has 0 radical (unpaired) electrons. The number of rotatable bonds is 3. The summed E-state index contributed by atoms with van der Waals surface area (Å²) in [7, 11) is 0. The van der Waals surface area contributed by atoms with E-state index >= 15 is 0 Å². The summed E-state index contributed by atoms with van der Waals surface area (Å²) in [6.07, 6.45) is 1.80. The van der Waals surface area contributed by atoms with E-state index in [0.717, 1.165) is 55.6 Å². The maximum atomic E-state index is 6.15. The first kappa shape index (κ1) is 18.7. The van der Waals surface area contributed by atoms with Crippen LogP contribution in [0.25, 0.3) is 55.6 Å². The predicted molar refractivity (Wildman–Crippen MR) is 128 cm³/mol. The third-order valence-corrected chi connectivity index (χ3v) is 5.78. The first-order valence-electron chi connectivity index (χ1n) is 10.2. The molecule has 0 aliphatic carbocycles. The Balaban J connectivity index is 1.53. The molecule has 0 aliphatic heterocycles. The van der Waals surface area contributed by atoms with Gasteiger partial charge in [-0.1, -0.05) is 66.2 Å². The number of nitrogens with one attached hydrogen (secondary N) is 1. The number of halogens is 1. The molecule has 0 bridgehead atoms. The first-order valence-corrected chi connectivity index (χ1v) is 10.6. The molecule has 0 saturated heterocycles. The summed E-state index contributed by atoms with van der Waals surface area (Å²) in [5, 5.41) is 20.6. The van der Waals surface area contributed by atoms with Gasteiger partial charge >= 0.3 is 0 Å². The number of aromatic nitrogens is 5. The van der Waals surface area contributed by atoms with Gasteiger partial charge in [-0.05, 0) is 30.3 Å². The van der Waals surface area contributed by atoms with Gasteiger partial charge in [0.1, 0.15) is 11.4 Å². The van der Waals surface area contributed by atoms with Crippen LogP contribution >= 0.6 is 11.6 Å². The maximum Gasteiger partial charge on any atom is 0.119 e. The second-order valence-electron chi connectivity index (χ2n) is 7.50. The summed E-state index contributed by atoms with van der Waals surface area (Å²) in [4.78, 5) is 4.48. The molecular formula is C26H16ClN5. The van der Waals surface area contributed by atoms with Crippen molar-refractivity contribution in [2.75, 3.05) is 0 Å². The molecule has 3 aromatic carbocycles. The van der Waals surface area contributed by atoms with Crippen molar-refractivity contribution in [3.05, 3.63) is 96.1 Å². The summed E-state index contributed by atoms with van der Waals surface area (Å²) in [5.74, 6) is 0. The average molecular weight is 434 g/mol. The highest BCUT2D eigenvalue weighted by Crippen LogP contribution is 2.35. The van der Waals surface area contributed by atoms with Crippen molar-refractivity contribution >= 4 is 33.3 Å². The van der Waals surface area contributed by atoms with E-state index in [1.807, 2.05) is 60.7 Å². The second-order valence-corrected chi connectivity index (χ2v) is 7.93.